The minimum atomic E-state index is 0.0381. The summed E-state index contributed by atoms with van der Waals surface area (Å²) >= 11 is 0. The van der Waals surface area contributed by atoms with E-state index in [4.69, 9.17) is 9.47 Å². The zero-order valence-corrected chi connectivity index (χ0v) is 17.9. The second-order valence-electron chi connectivity index (χ2n) is 8.48. The van der Waals surface area contributed by atoms with Gasteiger partial charge in [-0.3, -0.25) is 0 Å². The Morgan fingerprint density at radius 1 is 0.833 bits per heavy atom. The Morgan fingerprint density at radius 3 is 2.23 bits per heavy atom. The van der Waals surface area contributed by atoms with Crippen LogP contribution in [0.4, 0.5) is 5.69 Å². The van der Waals surface area contributed by atoms with Crippen molar-refractivity contribution < 1.29 is 9.47 Å². The summed E-state index contributed by atoms with van der Waals surface area (Å²) in [7, 11) is 2.05. The fourth-order valence-electron chi connectivity index (χ4n) is 3.21. The lowest BCUT2D eigenvalue weighted by atomic mass is 9.88. The third-order valence-corrected chi connectivity index (χ3v) is 4.89. The first-order chi connectivity index (χ1) is 14.4. The molecule has 0 saturated carbocycles. The summed E-state index contributed by atoms with van der Waals surface area (Å²) in [4.78, 5) is 8.63. The summed E-state index contributed by atoms with van der Waals surface area (Å²) < 4.78 is 12.1. The second-order valence-corrected chi connectivity index (χ2v) is 8.48. The first-order valence-corrected chi connectivity index (χ1v) is 10.0. The number of hydrogen-bond acceptors (Lipinski definition) is 5. The predicted octanol–water partition coefficient (Wildman–Crippen LogP) is 6.14. The minimum absolute atomic E-state index is 0.0381. The average Bonchev–Trinajstić information content (AvgIpc) is 3.15. The van der Waals surface area contributed by atoms with Gasteiger partial charge >= 0.3 is 0 Å². The van der Waals surface area contributed by atoms with Gasteiger partial charge in [0.25, 0.3) is 0 Å². The van der Waals surface area contributed by atoms with Crippen LogP contribution in [0.3, 0.4) is 0 Å². The number of nitrogens with zero attached hydrogens (tertiary/aromatic N) is 3. The van der Waals surface area contributed by atoms with Gasteiger partial charge in [0.2, 0.25) is 5.88 Å². The van der Waals surface area contributed by atoms with E-state index in [0.717, 1.165) is 18.1 Å². The lowest BCUT2D eigenvalue weighted by molar-refractivity contribution is 0.446. The van der Waals surface area contributed by atoms with Gasteiger partial charge in [-0.25, -0.2) is 4.98 Å². The maximum atomic E-state index is 6.10. The van der Waals surface area contributed by atoms with Crippen LogP contribution in [0, 0.1) is 0 Å². The fourth-order valence-corrected chi connectivity index (χ4v) is 3.21. The van der Waals surface area contributed by atoms with E-state index in [1.165, 1.54) is 5.56 Å². The average molecular weight is 402 g/mol. The molecule has 4 rings (SSSR count). The Morgan fingerprint density at radius 2 is 1.53 bits per heavy atom. The highest BCUT2D eigenvalue weighted by molar-refractivity contribution is 5.54. The van der Waals surface area contributed by atoms with Crippen LogP contribution in [0.2, 0.25) is 0 Å². The van der Waals surface area contributed by atoms with Gasteiger partial charge in [-0.05, 0) is 41.3 Å². The zero-order valence-electron chi connectivity index (χ0n) is 17.9. The van der Waals surface area contributed by atoms with E-state index in [2.05, 4.69) is 54.0 Å². The van der Waals surface area contributed by atoms with Gasteiger partial charge in [0.05, 0.1) is 6.67 Å². The van der Waals surface area contributed by atoms with Gasteiger partial charge in [-0.15, -0.1) is 0 Å². The molecule has 0 N–H and O–H groups in total. The van der Waals surface area contributed by atoms with E-state index in [-0.39, 0.29) is 5.41 Å². The molecule has 1 aliphatic rings. The maximum Gasteiger partial charge on any atom is 0.219 e. The molecule has 0 bridgehead atoms. The van der Waals surface area contributed by atoms with Crippen molar-refractivity contribution in [1.29, 1.82) is 0 Å². The lowest BCUT2D eigenvalue weighted by Crippen LogP contribution is -2.21. The van der Waals surface area contributed by atoms with Crippen molar-refractivity contribution in [3.8, 4) is 23.1 Å². The summed E-state index contributed by atoms with van der Waals surface area (Å²) in [6.45, 7) is 7.34. The van der Waals surface area contributed by atoms with Crippen molar-refractivity contribution in [2.24, 2.45) is 0 Å². The molecule has 0 aliphatic carbocycles. The molecule has 2 aromatic carbocycles. The van der Waals surface area contributed by atoms with Crippen LogP contribution in [0.1, 0.15) is 26.3 Å². The van der Waals surface area contributed by atoms with E-state index in [1.807, 2.05) is 61.6 Å². The molecule has 5 nitrogen and oxygen atoms in total. The molecule has 3 aromatic rings. The number of rotatable bonds is 5. The first kappa shape index (κ1) is 19.8. The molecule has 30 heavy (non-hydrogen) atoms. The SMILES string of the molecule is CN1C=CN(c2cccc(Oc3cccc(Oc4cc(C(C)(C)C)ccn4)c3)c2)C1. The molecule has 0 radical (unpaired) electrons. The van der Waals surface area contributed by atoms with Crippen LogP contribution in [-0.2, 0) is 5.41 Å². The van der Waals surface area contributed by atoms with Gasteiger partial charge in [-0.2, -0.15) is 0 Å². The number of anilines is 1. The monoisotopic (exact) mass is 401 g/mol. The third-order valence-electron chi connectivity index (χ3n) is 4.89. The summed E-state index contributed by atoms with van der Waals surface area (Å²) in [6.07, 6.45) is 5.90. The van der Waals surface area contributed by atoms with E-state index in [1.54, 1.807) is 6.20 Å². The fraction of sp³-hybridized carbons (Fsp3) is 0.240. The maximum absolute atomic E-state index is 6.10. The Hall–Kier alpha value is -3.47. The summed E-state index contributed by atoms with van der Waals surface area (Å²) in [5.74, 6) is 2.75. The molecule has 154 valence electrons. The van der Waals surface area contributed by atoms with E-state index in [9.17, 15) is 0 Å². The van der Waals surface area contributed by atoms with Crippen LogP contribution in [0.25, 0.3) is 0 Å². The van der Waals surface area contributed by atoms with Crippen LogP contribution >= 0.6 is 0 Å². The largest absolute Gasteiger partial charge is 0.457 e. The van der Waals surface area contributed by atoms with Gasteiger partial charge < -0.3 is 19.3 Å². The molecule has 0 spiro atoms. The number of benzene rings is 2. The van der Waals surface area contributed by atoms with Gasteiger partial charge in [0.1, 0.15) is 17.2 Å². The molecule has 0 amide bonds. The highest BCUT2D eigenvalue weighted by atomic mass is 16.5. The number of aromatic nitrogens is 1. The summed E-state index contributed by atoms with van der Waals surface area (Å²) in [5.41, 5.74) is 2.30. The second kappa shape index (κ2) is 8.11. The molecular weight excluding hydrogens is 374 g/mol. The Labute approximate surface area is 178 Å². The van der Waals surface area contributed by atoms with Crippen molar-refractivity contribution in [3.63, 3.8) is 0 Å². The summed E-state index contributed by atoms with van der Waals surface area (Å²) in [6, 6.07) is 19.7. The third kappa shape index (κ3) is 4.74. The predicted molar refractivity (Wildman–Crippen MR) is 120 cm³/mol. The molecular formula is C25H27N3O2. The normalized spacial score (nSPS) is 13.6. The Balaban J connectivity index is 1.49. The number of pyridine rings is 1. The van der Waals surface area contributed by atoms with E-state index < -0.39 is 0 Å². The first-order valence-electron chi connectivity index (χ1n) is 10.0. The van der Waals surface area contributed by atoms with Crippen molar-refractivity contribution >= 4 is 5.69 Å². The van der Waals surface area contributed by atoms with Crippen molar-refractivity contribution in [2.45, 2.75) is 26.2 Å². The van der Waals surface area contributed by atoms with E-state index >= 15 is 0 Å². The van der Waals surface area contributed by atoms with Crippen LogP contribution in [-0.4, -0.2) is 23.6 Å². The quantitative estimate of drug-likeness (QED) is 0.513. The summed E-state index contributed by atoms with van der Waals surface area (Å²) in [5, 5.41) is 0. The topological polar surface area (TPSA) is 37.8 Å². The highest BCUT2D eigenvalue weighted by Crippen LogP contribution is 2.31. The van der Waals surface area contributed by atoms with Crippen LogP contribution in [0.5, 0.6) is 23.1 Å². The van der Waals surface area contributed by atoms with Gasteiger partial charge in [-0.1, -0.05) is 32.9 Å². The molecule has 1 aliphatic heterocycles. The van der Waals surface area contributed by atoms with Crippen molar-refractivity contribution in [2.75, 3.05) is 18.6 Å². The van der Waals surface area contributed by atoms with E-state index in [0.29, 0.717) is 17.4 Å². The highest BCUT2D eigenvalue weighted by Gasteiger charge is 2.15. The molecule has 0 fully saturated rings. The van der Waals surface area contributed by atoms with Crippen LogP contribution < -0.4 is 14.4 Å². The van der Waals surface area contributed by atoms with Gasteiger partial charge in [0.15, 0.2) is 0 Å². The van der Waals surface area contributed by atoms with Gasteiger partial charge in [0, 0.05) is 49.5 Å². The molecule has 2 heterocycles. The van der Waals surface area contributed by atoms with Crippen molar-refractivity contribution in [1.82, 2.24) is 9.88 Å². The standard InChI is InChI=1S/C25H27N3O2/c1-25(2,3)19-11-12-26-24(15-19)30-23-10-6-9-22(17-23)29-21-8-5-7-20(16-21)28-14-13-27(4)18-28/h5-17H,18H2,1-4H3. The number of ether oxygens (including phenoxy) is 2. The Kier molecular flexibility index (Phi) is 5.36. The van der Waals surface area contributed by atoms with Crippen LogP contribution in [0.15, 0.2) is 79.3 Å². The molecule has 5 heteroatoms. The Bertz CT molecular complexity index is 1060. The zero-order chi connectivity index (χ0) is 21.1. The lowest BCUT2D eigenvalue weighted by Gasteiger charge is -2.19. The molecule has 0 unspecified atom stereocenters. The minimum Gasteiger partial charge on any atom is -0.457 e. The number of hydrogen-bond donors (Lipinski definition) is 0. The molecule has 0 saturated heterocycles. The smallest absolute Gasteiger partial charge is 0.219 e. The van der Waals surface area contributed by atoms with Crippen molar-refractivity contribution in [3.05, 3.63) is 84.8 Å². The molecule has 0 atom stereocenters. The molecule has 1 aromatic heterocycles.